The largest absolute Gasteiger partial charge is 0.483 e. The molecule has 0 saturated heterocycles. The normalized spacial score (nSPS) is 20.0. The molecule has 4 nitrogen and oxygen atoms in total. The van der Waals surface area contributed by atoms with Gasteiger partial charge in [-0.05, 0) is 55.7 Å². The predicted octanol–water partition coefficient (Wildman–Crippen LogP) is 4.97. The highest BCUT2D eigenvalue weighted by Gasteiger charge is 2.48. The SMILES string of the molecule is CC(NC(=O)NC1CC2(CCC2)C1)c1ccc(Cl)c(OCC(F)(F)F)c1. The summed E-state index contributed by atoms with van der Waals surface area (Å²) in [7, 11) is 0. The third kappa shape index (κ3) is 4.55. The van der Waals surface area contributed by atoms with Gasteiger partial charge >= 0.3 is 12.2 Å². The third-order valence-corrected chi connectivity index (χ3v) is 5.61. The molecule has 1 atom stereocenters. The Kier molecular flexibility index (Phi) is 5.28. The fourth-order valence-corrected chi connectivity index (χ4v) is 3.91. The third-order valence-electron chi connectivity index (χ3n) is 5.30. The first-order valence-corrected chi connectivity index (χ1v) is 9.10. The molecule has 0 radical (unpaired) electrons. The van der Waals surface area contributed by atoms with Crippen molar-refractivity contribution in [1.29, 1.82) is 0 Å². The number of rotatable bonds is 5. The number of halogens is 4. The maximum Gasteiger partial charge on any atom is 0.422 e. The van der Waals surface area contributed by atoms with Crippen LogP contribution in [0.5, 0.6) is 5.75 Å². The van der Waals surface area contributed by atoms with E-state index in [1.807, 2.05) is 0 Å². The molecule has 2 aliphatic rings. The zero-order valence-corrected chi connectivity index (χ0v) is 15.2. The molecule has 0 heterocycles. The van der Waals surface area contributed by atoms with E-state index in [4.69, 9.17) is 16.3 Å². The van der Waals surface area contributed by atoms with Gasteiger partial charge in [0.15, 0.2) is 6.61 Å². The summed E-state index contributed by atoms with van der Waals surface area (Å²) in [5.41, 5.74) is 1.09. The molecule has 1 spiro atoms. The standard InChI is InChI=1S/C18H22ClF3N2O2/c1-11(23-16(25)24-13-8-17(9-13)5-2-6-17)12-3-4-14(19)15(7-12)26-10-18(20,21)22/h3-4,7,11,13H,2,5-6,8-10H2,1H3,(H2,23,24,25). The number of nitrogens with one attached hydrogen (secondary N) is 2. The van der Waals surface area contributed by atoms with Crippen molar-refractivity contribution in [3.8, 4) is 5.75 Å². The molecule has 0 bridgehead atoms. The number of benzene rings is 1. The van der Waals surface area contributed by atoms with Crippen LogP contribution >= 0.6 is 11.6 Å². The van der Waals surface area contributed by atoms with Crippen LogP contribution in [0.2, 0.25) is 5.02 Å². The number of hydrogen-bond acceptors (Lipinski definition) is 2. The highest BCUT2D eigenvalue weighted by molar-refractivity contribution is 6.32. The summed E-state index contributed by atoms with van der Waals surface area (Å²) in [6.45, 7) is 0.340. The Bertz CT molecular complexity index is 669. The Balaban J connectivity index is 1.52. The van der Waals surface area contributed by atoms with Gasteiger partial charge in [0, 0.05) is 6.04 Å². The monoisotopic (exact) mass is 390 g/mol. The van der Waals surface area contributed by atoms with Gasteiger partial charge in [0.05, 0.1) is 11.1 Å². The fourth-order valence-electron chi connectivity index (χ4n) is 3.74. The van der Waals surface area contributed by atoms with Crippen LogP contribution in [0, 0.1) is 5.41 Å². The van der Waals surface area contributed by atoms with Gasteiger partial charge in [-0.3, -0.25) is 0 Å². The zero-order valence-electron chi connectivity index (χ0n) is 14.5. The summed E-state index contributed by atoms with van der Waals surface area (Å²) >= 11 is 5.88. The van der Waals surface area contributed by atoms with Crippen molar-refractivity contribution in [2.45, 2.75) is 57.3 Å². The van der Waals surface area contributed by atoms with E-state index in [2.05, 4.69) is 10.6 Å². The smallest absolute Gasteiger partial charge is 0.422 e. The van der Waals surface area contributed by atoms with Crippen LogP contribution in [0.25, 0.3) is 0 Å². The fraction of sp³-hybridized carbons (Fsp3) is 0.611. The van der Waals surface area contributed by atoms with Crippen molar-refractivity contribution < 1.29 is 22.7 Å². The molecule has 26 heavy (non-hydrogen) atoms. The number of carbonyl (C=O) groups excluding carboxylic acids is 1. The summed E-state index contributed by atoms with van der Waals surface area (Å²) in [5, 5.41) is 5.85. The molecule has 2 saturated carbocycles. The van der Waals surface area contributed by atoms with E-state index in [-0.39, 0.29) is 22.8 Å². The molecule has 8 heteroatoms. The van der Waals surface area contributed by atoms with Gasteiger partial charge in [-0.25, -0.2) is 4.79 Å². The molecule has 0 aliphatic heterocycles. The molecule has 1 aromatic rings. The molecule has 0 aromatic heterocycles. The van der Waals surface area contributed by atoms with Crippen LogP contribution in [0.4, 0.5) is 18.0 Å². The van der Waals surface area contributed by atoms with Gasteiger partial charge in [-0.2, -0.15) is 13.2 Å². The highest BCUT2D eigenvalue weighted by atomic mass is 35.5. The maximum absolute atomic E-state index is 12.3. The molecule has 144 valence electrons. The topological polar surface area (TPSA) is 50.4 Å². The molecule has 3 rings (SSSR count). The number of ether oxygens (including phenoxy) is 1. The average Bonchev–Trinajstić information content (AvgIpc) is 2.46. The second-order valence-electron chi connectivity index (χ2n) is 7.39. The Hall–Kier alpha value is -1.63. The predicted molar refractivity (Wildman–Crippen MR) is 92.4 cm³/mol. The van der Waals surface area contributed by atoms with E-state index in [1.54, 1.807) is 13.0 Å². The quantitative estimate of drug-likeness (QED) is 0.745. The van der Waals surface area contributed by atoms with Crippen LogP contribution in [0.15, 0.2) is 18.2 Å². The highest BCUT2D eigenvalue weighted by Crippen LogP contribution is 2.55. The first-order chi connectivity index (χ1) is 12.2. The lowest BCUT2D eigenvalue weighted by Gasteiger charge is -2.54. The minimum atomic E-state index is -4.44. The summed E-state index contributed by atoms with van der Waals surface area (Å²) in [6.07, 6.45) is 1.43. The second-order valence-corrected chi connectivity index (χ2v) is 7.80. The van der Waals surface area contributed by atoms with Gasteiger partial charge < -0.3 is 15.4 Å². The van der Waals surface area contributed by atoms with Crippen LogP contribution in [0.1, 0.15) is 50.6 Å². The lowest BCUT2D eigenvalue weighted by molar-refractivity contribution is -0.153. The van der Waals surface area contributed by atoms with E-state index >= 15 is 0 Å². The number of carbonyl (C=O) groups is 1. The van der Waals surface area contributed by atoms with Crippen molar-refractivity contribution in [2.24, 2.45) is 5.41 Å². The Morgan fingerprint density at radius 3 is 2.65 bits per heavy atom. The second kappa shape index (κ2) is 7.18. The Labute approximate surface area is 155 Å². The number of alkyl halides is 3. The first kappa shape index (κ1) is 19.1. The van der Waals surface area contributed by atoms with E-state index in [0.29, 0.717) is 11.0 Å². The van der Waals surface area contributed by atoms with E-state index in [9.17, 15) is 18.0 Å². The van der Waals surface area contributed by atoms with Crippen molar-refractivity contribution in [1.82, 2.24) is 10.6 Å². The van der Waals surface area contributed by atoms with Crippen molar-refractivity contribution in [3.05, 3.63) is 28.8 Å². The van der Waals surface area contributed by atoms with Gasteiger partial charge in [0.1, 0.15) is 5.75 Å². The summed E-state index contributed by atoms with van der Waals surface area (Å²) in [5.74, 6) is -0.0542. The molecular weight excluding hydrogens is 369 g/mol. The molecule has 2 aliphatic carbocycles. The minimum absolute atomic E-state index is 0.0542. The van der Waals surface area contributed by atoms with E-state index in [0.717, 1.165) is 12.8 Å². The molecule has 2 amide bonds. The molecule has 2 fully saturated rings. The number of hydrogen-bond donors (Lipinski definition) is 2. The van der Waals surface area contributed by atoms with Gasteiger partial charge in [-0.15, -0.1) is 0 Å². The van der Waals surface area contributed by atoms with E-state index < -0.39 is 18.8 Å². The lowest BCUT2D eigenvalue weighted by atomic mass is 9.54. The zero-order chi connectivity index (χ0) is 18.9. The average molecular weight is 391 g/mol. The van der Waals surface area contributed by atoms with Crippen LogP contribution in [-0.4, -0.2) is 24.9 Å². The maximum atomic E-state index is 12.3. The molecule has 1 aromatic carbocycles. The van der Waals surface area contributed by atoms with Gasteiger partial charge in [0.25, 0.3) is 0 Å². The van der Waals surface area contributed by atoms with E-state index in [1.165, 1.54) is 31.4 Å². The molecule has 1 unspecified atom stereocenters. The Morgan fingerprint density at radius 2 is 2.08 bits per heavy atom. The van der Waals surface area contributed by atoms with Crippen LogP contribution < -0.4 is 15.4 Å². The Morgan fingerprint density at radius 1 is 1.38 bits per heavy atom. The summed E-state index contributed by atoms with van der Waals surface area (Å²) in [6, 6.07) is 4.08. The van der Waals surface area contributed by atoms with Crippen LogP contribution in [0.3, 0.4) is 0 Å². The summed E-state index contributed by atoms with van der Waals surface area (Å²) < 4.78 is 41.7. The number of amides is 2. The lowest BCUT2D eigenvalue weighted by Crippen LogP contribution is -2.55. The van der Waals surface area contributed by atoms with Crippen LogP contribution in [-0.2, 0) is 0 Å². The number of urea groups is 1. The van der Waals surface area contributed by atoms with Crippen molar-refractivity contribution in [3.63, 3.8) is 0 Å². The summed E-state index contributed by atoms with van der Waals surface area (Å²) in [4.78, 5) is 12.1. The minimum Gasteiger partial charge on any atom is -0.483 e. The molecular formula is C18H22ClF3N2O2. The first-order valence-electron chi connectivity index (χ1n) is 8.72. The van der Waals surface area contributed by atoms with Crippen molar-refractivity contribution in [2.75, 3.05) is 6.61 Å². The van der Waals surface area contributed by atoms with Gasteiger partial charge in [0.2, 0.25) is 0 Å². The van der Waals surface area contributed by atoms with Gasteiger partial charge in [-0.1, -0.05) is 24.1 Å². The van der Waals surface area contributed by atoms with Crippen molar-refractivity contribution >= 4 is 17.6 Å². The molecule has 2 N–H and O–H groups in total.